The Morgan fingerprint density at radius 3 is 2.60 bits per heavy atom. The summed E-state index contributed by atoms with van der Waals surface area (Å²) in [7, 11) is -3.79. The first-order chi connectivity index (χ1) is 11.8. The van der Waals surface area contributed by atoms with Gasteiger partial charge in [0.2, 0.25) is 10.0 Å². The van der Waals surface area contributed by atoms with E-state index < -0.39 is 22.6 Å². The molecule has 0 saturated heterocycles. The molecule has 6 nitrogen and oxygen atoms in total. The third-order valence-electron chi connectivity index (χ3n) is 3.17. The first-order valence-corrected chi connectivity index (χ1v) is 9.41. The van der Waals surface area contributed by atoms with Gasteiger partial charge in [0, 0.05) is 6.54 Å². The van der Waals surface area contributed by atoms with Crippen LogP contribution in [0, 0.1) is 0 Å². The molecular formula is C16H15Cl2NO5S. The monoisotopic (exact) mass is 403 g/mol. The Labute approximate surface area is 155 Å². The molecule has 0 aliphatic heterocycles. The van der Waals surface area contributed by atoms with Gasteiger partial charge in [0.15, 0.2) is 6.61 Å². The molecule has 0 unspecified atom stereocenters. The van der Waals surface area contributed by atoms with Gasteiger partial charge in [-0.3, -0.25) is 0 Å². The molecule has 0 aliphatic rings. The molecule has 0 saturated carbocycles. The molecule has 9 heteroatoms. The van der Waals surface area contributed by atoms with E-state index >= 15 is 0 Å². The molecule has 2 N–H and O–H groups in total. The number of benzene rings is 2. The van der Waals surface area contributed by atoms with Crippen molar-refractivity contribution in [1.29, 1.82) is 0 Å². The van der Waals surface area contributed by atoms with Crippen molar-refractivity contribution in [3.63, 3.8) is 0 Å². The average molecular weight is 404 g/mol. The van der Waals surface area contributed by atoms with Crippen LogP contribution in [0.3, 0.4) is 0 Å². The predicted molar refractivity (Wildman–Crippen MR) is 94.9 cm³/mol. The van der Waals surface area contributed by atoms with Crippen molar-refractivity contribution in [2.75, 3.05) is 13.2 Å². The second kappa shape index (κ2) is 8.53. The van der Waals surface area contributed by atoms with Gasteiger partial charge in [-0.2, -0.15) is 0 Å². The van der Waals surface area contributed by atoms with Crippen molar-refractivity contribution in [2.24, 2.45) is 0 Å². The van der Waals surface area contributed by atoms with Gasteiger partial charge in [-0.15, -0.1) is 0 Å². The number of hydrogen-bond acceptors (Lipinski definition) is 4. The minimum atomic E-state index is -3.79. The van der Waals surface area contributed by atoms with E-state index in [0.717, 1.165) is 5.56 Å². The zero-order valence-corrected chi connectivity index (χ0v) is 15.2. The normalized spacial score (nSPS) is 11.3. The van der Waals surface area contributed by atoms with Crippen molar-refractivity contribution < 1.29 is 23.1 Å². The molecule has 0 amide bonds. The lowest BCUT2D eigenvalue weighted by Gasteiger charge is -2.10. The molecule has 2 aromatic carbocycles. The average Bonchev–Trinajstić information content (AvgIpc) is 2.55. The summed E-state index contributed by atoms with van der Waals surface area (Å²) in [6.07, 6.45) is 0.391. The molecule has 2 rings (SSSR count). The topological polar surface area (TPSA) is 92.7 Å². The van der Waals surface area contributed by atoms with Crippen molar-refractivity contribution in [3.05, 3.63) is 58.1 Å². The molecule has 0 aliphatic carbocycles. The predicted octanol–water partition coefficient (Wildman–Crippen LogP) is 2.98. The van der Waals surface area contributed by atoms with Crippen LogP contribution in [-0.4, -0.2) is 32.6 Å². The van der Waals surface area contributed by atoms with Gasteiger partial charge in [0.05, 0.1) is 10.0 Å². The highest BCUT2D eigenvalue weighted by Crippen LogP contribution is 2.28. The fraction of sp³-hybridized carbons (Fsp3) is 0.188. The highest BCUT2D eigenvalue weighted by molar-refractivity contribution is 7.89. The van der Waals surface area contributed by atoms with Crippen LogP contribution in [0.1, 0.15) is 5.56 Å². The molecular weight excluding hydrogens is 389 g/mol. The van der Waals surface area contributed by atoms with Crippen LogP contribution >= 0.6 is 23.2 Å². The lowest BCUT2D eigenvalue weighted by Crippen LogP contribution is -2.26. The van der Waals surface area contributed by atoms with Gasteiger partial charge < -0.3 is 9.84 Å². The molecule has 25 heavy (non-hydrogen) atoms. The lowest BCUT2D eigenvalue weighted by molar-refractivity contribution is -0.139. The maximum Gasteiger partial charge on any atom is 0.341 e. The third-order valence-corrected chi connectivity index (χ3v) is 5.61. The van der Waals surface area contributed by atoms with E-state index in [-0.39, 0.29) is 21.5 Å². The zero-order chi connectivity index (χ0) is 18.4. The fourth-order valence-electron chi connectivity index (χ4n) is 2.03. The first kappa shape index (κ1) is 19.5. The van der Waals surface area contributed by atoms with Crippen molar-refractivity contribution in [2.45, 2.75) is 11.3 Å². The number of halogens is 2. The van der Waals surface area contributed by atoms with Gasteiger partial charge >= 0.3 is 5.97 Å². The highest BCUT2D eigenvalue weighted by atomic mass is 35.5. The summed E-state index contributed by atoms with van der Waals surface area (Å²) < 4.78 is 32.1. The number of ether oxygens (including phenoxy) is 1. The Hall–Kier alpha value is -1.80. The third kappa shape index (κ3) is 5.61. The van der Waals surface area contributed by atoms with Crippen molar-refractivity contribution in [1.82, 2.24) is 4.72 Å². The second-order valence-corrected chi connectivity index (χ2v) is 7.55. The van der Waals surface area contributed by atoms with Gasteiger partial charge in [-0.1, -0.05) is 41.4 Å². The number of nitrogens with one attached hydrogen (secondary N) is 1. The Kier molecular flexibility index (Phi) is 6.66. The first-order valence-electron chi connectivity index (χ1n) is 7.17. The van der Waals surface area contributed by atoms with E-state index in [0.29, 0.717) is 12.2 Å². The van der Waals surface area contributed by atoms with E-state index in [1.54, 1.807) is 24.3 Å². The smallest absolute Gasteiger partial charge is 0.341 e. The summed E-state index contributed by atoms with van der Waals surface area (Å²) in [5, 5.41) is 8.74. The molecule has 0 radical (unpaired) electrons. The maximum atomic E-state index is 12.3. The number of carboxylic acids is 1. The lowest BCUT2D eigenvalue weighted by atomic mass is 10.1. The Bertz CT molecular complexity index is 871. The van der Waals surface area contributed by atoms with E-state index in [9.17, 15) is 13.2 Å². The SMILES string of the molecule is O=C(O)COc1cccc(CCNS(=O)(=O)c2cccc(Cl)c2Cl)c1. The summed E-state index contributed by atoms with van der Waals surface area (Å²) in [6, 6.07) is 11.2. The number of sulfonamides is 1. The largest absolute Gasteiger partial charge is 0.482 e. The number of rotatable bonds is 8. The van der Waals surface area contributed by atoms with Crippen LogP contribution in [0.5, 0.6) is 5.75 Å². The van der Waals surface area contributed by atoms with Crippen LogP contribution in [0.15, 0.2) is 47.4 Å². The van der Waals surface area contributed by atoms with Crippen LogP contribution in [0.4, 0.5) is 0 Å². The molecule has 0 bridgehead atoms. The van der Waals surface area contributed by atoms with E-state index in [2.05, 4.69) is 4.72 Å². The Balaban J connectivity index is 1.99. The molecule has 0 atom stereocenters. The number of carboxylic acid groups (broad SMARTS) is 1. The van der Waals surface area contributed by atoms with Crippen molar-refractivity contribution >= 4 is 39.2 Å². The summed E-state index contributed by atoms with van der Waals surface area (Å²) in [5.41, 5.74) is 0.794. The molecule has 0 fully saturated rings. The number of carbonyl (C=O) groups is 1. The number of aliphatic carboxylic acids is 1. The summed E-state index contributed by atoms with van der Waals surface area (Å²) in [5.74, 6) is -0.669. The van der Waals surface area contributed by atoms with E-state index in [1.807, 2.05) is 0 Å². The summed E-state index contributed by atoms with van der Waals surface area (Å²) >= 11 is 11.8. The second-order valence-electron chi connectivity index (χ2n) is 5.03. The zero-order valence-electron chi connectivity index (χ0n) is 12.9. The Morgan fingerprint density at radius 2 is 1.88 bits per heavy atom. The molecule has 134 valence electrons. The van der Waals surface area contributed by atoms with Crippen LogP contribution < -0.4 is 9.46 Å². The van der Waals surface area contributed by atoms with E-state index in [1.165, 1.54) is 18.2 Å². The van der Waals surface area contributed by atoms with Gasteiger partial charge in [0.1, 0.15) is 10.6 Å². The molecule has 0 aromatic heterocycles. The minimum Gasteiger partial charge on any atom is -0.482 e. The van der Waals surface area contributed by atoms with Crippen LogP contribution in [-0.2, 0) is 21.2 Å². The fourth-order valence-corrected chi connectivity index (χ4v) is 3.83. The molecule has 0 spiro atoms. The maximum absolute atomic E-state index is 12.3. The summed E-state index contributed by atoms with van der Waals surface area (Å²) in [6.45, 7) is -0.309. The highest BCUT2D eigenvalue weighted by Gasteiger charge is 2.18. The van der Waals surface area contributed by atoms with Crippen molar-refractivity contribution in [3.8, 4) is 5.75 Å². The van der Waals surface area contributed by atoms with Gasteiger partial charge in [0.25, 0.3) is 0 Å². The van der Waals surface area contributed by atoms with E-state index in [4.69, 9.17) is 33.0 Å². The number of hydrogen-bond donors (Lipinski definition) is 2. The minimum absolute atomic E-state index is 0.0271. The molecule has 0 heterocycles. The van der Waals surface area contributed by atoms with Crippen LogP contribution in [0.2, 0.25) is 10.0 Å². The van der Waals surface area contributed by atoms with Gasteiger partial charge in [-0.25, -0.2) is 17.9 Å². The van der Waals surface area contributed by atoms with Crippen LogP contribution in [0.25, 0.3) is 0 Å². The molecule has 2 aromatic rings. The Morgan fingerprint density at radius 1 is 1.16 bits per heavy atom. The summed E-state index contributed by atoms with van der Waals surface area (Å²) in [4.78, 5) is 10.4. The standard InChI is InChI=1S/C16H15Cl2NO5S/c17-13-5-2-6-14(16(13)18)25(22,23)19-8-7-11-3-1-4-12(9-11)24-10-15(20)21/h1-6,9,19H,7-8,10H2,(H,20,21). The van der Waals surface area contributed by atoms with Gasteiger partial charge in [-0.05, 0) is 36.2 Å². The quantitative estimate of drug-likeness (QED) is 0.706.